The van der Waals surface area contributed by atoms with Gasteiger partial charge in [-0.3, -0.25) is 14.4 Å². The molecule has 0 aromatic carbocycles. The van der Waals surface area contributed by atoms with Crippen LogP contribution in [-0.4, -0.2) is 37.2 Å². The van der Waals surface area contributed by atoms with Crippen molar-refractivity contribution in [3.05, 3.63) is 97.2 Å². The Labute approximate surface area is 419 Å². The number of hydrogen-bond donors (Lipinski definition) is 0. The molecule has 0 N–H and O–H groups in total. The second-order valence-corrected chi connectivity index (χ2v) is 18.5. The number of ether oxygens (including phenoxy) is 3. The average Bonchev–Trinajstić information content (AvgIpc) is 3.34. The van der Waals surface area contributed by atoms with Crippen molar-refractivity contribution >= 4 is 17.9 Å². The number of esters is 3. The first-order valence-corrected chi connectivity index (χ1v) is 28.2. The van der Waals surface area contributed by atoms with Crippen molar-refractivity contribution in [2.24, 2.45) is 0 Å². The lowest BCUT2D eigenvalue weighted by Crippen LogP contribution is -2.30. The Hall–Kier alpha value is -3.67. The highest BCUT2D eigenvalue weighted by Crippen LogP contribution is 2.15. The van der Waals surface area contributed by atoms with E-state index in [-0.39, 0.29) is 31.1 Å². The van der Waals surface area contributed by atoms with Gasteiger partial charge in [-0.05, 0) is 83.5 Å². The van der Waals surface area contributed by atoms with Crippen molar-refractivity contribution < 1.29 is 28.6 Å². The van der Waals surface area contributed by atoms with Gasteiger partial charge in [0, 0.05) is 19.3 Å². The van der Waals surface area contributed by atoms with Crippen LogP contribution in [0.3, 0.4) is 0 Å². The fraction of sp³-hybridized carbons (Fsp3) is 0.694. The van der Waals surface area contributed by atoms with Crippen LogP contribution in [0.5, 0.6) is 0 Å². The maximum atomic E-state index is 12.8. The molecule has 0 saturated carbocycles. The predicted octanol–water partition coefficient (Wildman–Crippen LogP) is 18.9. The van der Waals surface area contributed by atoms with Crippen LogP contribution in [0.2, 0.25) is 0 Å². The highest BCUT2D eigenvalue weighted by Gasteiger charge is 2.19. The molecular weight excluding hydrogens is 841 g/mol. The lowest BCUT2D eigenvalue weighted by atomic mass is 10.0. The number of carbonyl (C=O) groups is 3. The molecule has 0 aliphatic heterocycles. The van der Waals surface area contributed by atoms with Gasteiger partial charge in [0.25, 0.3) is 0 Å². The van der Waals surface area contributed by atoms with E-state index in [9.17, 15) is 14.4 Å². The third kappa shape index (κ3) is 53.3. The van der Waals surface area contributed by atoms with E-state index in [4.69, 9.17) is 14.2 Å². The molecule has 0 spiro atoms. The SMILES string of the molecule is CC/C=C\C/C=C\C/C=C\C/C=C\C/C=C\C/C=C\C/C=C\C/C=C\CCCCC(=O)OCC(COC(=O)CCCCCCCCCC)OC(=O)CCCCCCCCCCCCCCCCC. The van der Waals surface area contributed by atoms with Crippen molar-refractivity contribution in [2.75, 3.05) is 13.2 Å². The zero-order valence-electron chi connectivity index (χ0n) is 44.3. The summed E-state index contributed by atoms with van der Waals surface area (Å²) in [6.07, 6.45) is 74.1. The molecule has 0 heterocycles. The molecule has 0 amide bonds. The molecule has 68 heavy (non-hydrogen) atoms. The summed E-state index contributed by atoms with van der Waals surface area (Å²) >= 11 is 0. The van der Waals surface area contributed by atoms with Crippen LogP contribution < -0.4 is 0 Å². The second-order valence-electron chi connectivity index (χ2n) is 18.5. The maximum Gasteiger partial charge on any atom is 0.306 e. The minimum absolute atomic E-state index is 0.0889. The van der Waals surface area contributed by atoms with E-state index >= 15 is 0 Å². The van der Waals surface area contributed by atoms with Gasteiger partial charge in [0.1, 0.15) is 13.2 Å². The van der Waals surface area contributed by atoms with Crippen LogP contribution in [-0.2, 0) is 28.6 Å². The standard InChI is InChI=1S/C62H104O6/c1-4-7-10-13-16-19-21-23-25-26-27-28-29-30-31-32-33-34-35-36-38-39-41-43-46-49-52-55-61(64)67-58-59(57-66-60(63)54-51-48-45-18-15-12-9-6-3)68-62(65)56-53-50-47-44-42-40-37-24-22-20-17-14-11-8-5-2/h7,10,16,19,23,25,27-28,30-31,33-34,36,38,41,43,59H,4-6,8-9,11-15,17-18,20-22,24,26,29,32,35,37,39-40,42,44-58H2,1-3H3/b10-7-,19-16-,25-23-,28-27-,31-30-,34-33-,38-36-,43-41-. The van der Waals surface area contributed by atoms with Crippen molar-refractivity contribution in [3.8, 4) is 0 Å². The quantitative estimate of drug-likeness (QED) is 0.0262. The number of hydrogen-bond acceptors (Lipinski definition) is 6. The Balaban J connectivity index is 4.32. The van der Waals surface area contributed by atoms with Gasteiger partial charge < -0.3 is 14.2 Å². The highest BCUT2D eigenvalue weighted by atomic mass is 16.6. The van der Waals surface area contributed by atoms with Crippen molar-refractivity contribution in [3.63, 3.8) is 0 Å². The zero-order valence-corrected chi connectivity index (χ0v) is 44.3. The minimum Gasteiger partial charge on any atom is -0.462 e. The monoisotopic (exact) mass is 945 g/mol. The number of allylic oxidation sites excluding steroid dienone is 16. The van der Waals surface area contributed by atoms with Crippen LogP contribution in [0.4, 0.5) is 0 Å². The average molecular weight is 946 g/mol. The van der Waals surface area contributed by atoms with Gasteiger partial charge in [-0.2, -0.15) is 0 Å². The van der Waals surface area contributed by atoms with Gasteiger partial charge in [0.05, 0.1) is 0 Å². The van der Waals surface area contributed by atoms with Gasteiger partial charge >= 0.3 is 17.9 Å². The van der Waals surface area contributed by atoms with Crippen LogP contribution in [0.25, 0.3) is 0 Å². The fourth-order valence-electron chi connectivity index (χ4n) is 7.63. The van der Waals surface area contributed by atoms with E-state index in [0.717, 1.165) is 109 Å². The first-order valence-electron chi connectivity index (χ1n) is 28.2. The predicted molar refractivity (Wildman–Crippen MR) is 293 cm³/mol. The van der Waals surface area contributed by atoms with E-state index in [1.807, 2.05) is 0 Å². The molecule has 1 atom stereocenters. The molecule has 0 bridgehead atoms. The fourth-order valence-corrected chi connectivity index (χ4v) is 7.63. The number of carbonyl (C=O) groups excluding carboxylic acids is 3. The summed E-state index contributed by atoms with van der Waals surface area (Å²) in [6, 6.07) is 0. The van der Waals surface area contributed by atoms with Crippen LogP contribution in [0.15, 0.2) is 97.2 Å². The molecule has 0 aliphatic carbocycles. The van der Waals surface area contributed by atoms with Crippen LogP contribution >= 0.6 is 0 Å². The van der Waals surface area contributed by atoms with Crippen molar-refractivity contribution in [2.45, 2.75) is 264 Å². The lowest BCUT2D eigenvalue weighted by molar-refractivity contribution is -0.167. The Kier molecular flexibility index (Phi) is 52.9. The molecule has 6 heteroatoms. The van der Waals surface area contributed by atoms with Gasteiger partial charge in [0.2, 0.25) is 0 Å². The Bertz CT molecular complexity index is 1360. The van der Waals surface area contributed by atoms with Crippen molar-refractivity contribution in [1.29, 1.82) is 0 Å². The molecule has 6 nitrogen and oxygen atoms in total. The third-order valence-corrected chi connectivity index (χ3v) is 11.9. The zero-order chi connectivity index (χ0) is 49.3. The van der Waals surface area contributed by atoms with Crippen molar-refractivity contribution in [1.82, 2.24) is 0 Å². The molecule has 0 rings (SSSR count). The molecule has 388 valence electrons. The number of unbranched alkanes of at least 4 members (excludes halogenated alkanes) is 23. The summed E-state index contributed by atoms with van der Waals surface area (Å²) in [4.78, 5) is 37.9. The van der Waals surface area contributed by atoms with Gasteiger partial charge in [-0.1, -0.05) is 253 Å². The first kappa shape index (κ1) is 64.3. The van der Waals surface area contributed by atoms with E-state index in [1.165, 1.54) is 109 Å². The molecule has 0 aromatic heterocycles. The van der Waals surface area contributed by atoms with Gasteiger partial charge in [0.15, 0.2) is 6.10 Å². The van der Waals surface area contributed by atoms with Crippen LogP contribution in [0, 0.1) is 0 Å². The largest absolute Gasteiger partial charge is 0.462 e. The molecular formula is C62H104O6. The van der Waals surface area contributed by atoms with Gasteiger partial charge in [-0.15, -0.1) is 0 Å². The molecule has 0 radical (unpaired) electrons. The molecule has 1 unspecified atom stereocenters. The number of rotatable bonds is 50. The summed E-state index contributed by atoms with van der Waals surface area (Å²) in [6.45, 7) is 6.46. The maximum absolute atomic E-state index is 12.8. The van der Waals surface area contributed by atoms with Crippen LogP contribution in [0.1, 0.15) is 258 Å². The molecule has 0 fully saturated rings. The molecule has 0 aliphatic rings. The summed E-state index contributed by atoms with van der Waals surface area (Å²) in [5.41, 5.74) is 0. The normalized spacial score (nSPS) is 12.8. The Morgan fingerprint density at radius 3 is 0.897 bits per heavy atom. The van der Waals surface area contributed by atoms with E-state index in [0.29, 0.717) is 19.3 Å². The van der Waals surface area contributed by atoms with E-state index in [2.05, 4.69) is 118 Å². The topological polar surface area (TPSA) is 78.9 Å². The van der Waals surface area contributed by atoms with E-state index < -0.39 is 6.10 Å². The molecule has 0 aromatic rings. The lowest BCUT2D eigenvalue weighted by Gasteiger charge is -2.18. The Morgan fingerprint density at radius 2 is 0.574 bits per heavy atom. The summed E-state index contributed by atoms with van der Waals surface area (Å²) in [5, 5.41) is 0. The highest BCUT2D eigenvalue weighted by molar-refractivity contribution is 5.71. The first-order chi connectivity index (χ1) is 33.5. The summed E-state index contributed by atoms with van der Waals surface area (Å²) < 4.78 is 16.7. The smallest absolute Gasteiger partial charge is 0.306 e. The van der Waals surface area contributed by atoms with Gasteiger partial charge in [-0.25, -0.2) is 0 Å². The second kappa shape index (κ2) is 55.9. The summed E-state index contributed by atoms with van der Waals surface area (Å²) in [5.74, 6) is -0.936. The summed E-state index contributed by atoms with van der Waals surface area (Å²) in [7, 11) is 0. The molecule has 0 saturated heterocycles. The minimum atomic E-state index is -0.791. The Morgan fingerprint density at radius 1 is 0.309 bits per heavy atom. The third-order valence-electron chi connectivity index (χ3n) is 11.9. The van der Waals surface area contributed by atoms with E-state index in [1.54, 1.807) is 0 Å².